The maximum absolute atomic E-state index is 7.12. The molecule has 0 aromatic rings. The molecule has 0 aliphatic heterocycles. The summed E-state index contributed by atoms with van der Waals surface area (Å²) in [6.45, 7) is 3.91. The van der Waals surface area contributed by atoms with Gasteiger partial charge in [-0.2, -0.15) is 0 Å². The summed E-state index contributed by atoms with van der Waals surface area (Å²) in [7, 11) is 0. The minimum Gasteiger partial charge on any atom is -0.327 e. The summed E-state index contributed by atoms with van der Waals surface area (Å²) in [6, 6.07) is 0.215. The molecule has 0 aromatic heterocycles. The van der Waals surface area contributed by atoms with Gasteiger partial charge in [-0.05, 0) is 19.8 Å². The Bertz CT molecular complexity index is 93.6. The van der Waals surface area contributed by atoms with Gasteiger partial charge in [0, 0.05) is 11.8 Å². The molecule has 0 spiro atoms. The van der Waals surface area contributed by atoms with Gasteiger partial charge in [0.2, 0.25) is 0 Å². The van der Waals surface area contributed by atoms with Gasteiger partial charge in [0.15, 0.2) is 0 Å². The summed E-state index contributed by atoms with van der Waals surface area (Å²) >= 11 is 0. The molecule has 1 unspecified atom stereocenters. The zero-order valence-corrected chi connectivity index (χ0v) is 9.01. The van der Waals surface area contributed by atoms with Crippen LogP contribution in [0.25, 0.3) is 0 Å². The van der Waals surface area contributed by atoms with E-state index in [1.54, 1.807) is 6.92 Å². The molecule has 0 rings (SSSR count). The first kappa shape index (κ1) is 13.0. The van der Waals surface area contributed by atoms with Gasteiger partial charge in [-0.25, -0.2) is 0 Å². The summed E-state index contributed by atoms with van der Waals surface area (Å²) in [6.07, 6.45) is 2.92. The highest BCUT2D eigenvalue weighted by atomic mass is 127. The molecule has 3 heteroatoms. The molecule has 0 saturated heterocycles. The van der Waals surface area contributed by atoms with E-state index < -0.39 is 0 Å². The average Bonchev–Trinajstić information content (AvgIpc) is 1.63. The summed E-state index contributed by atoms with van der Waals surface area (Å²) < 4.78 is 0. The Morgan fingerprint density at radius 1 is 1.60 bits per heavy atom. The minimum absolute atomic E-state index is 0. The quantitative estimate of drug-likeness (QED) is 0.587. The Hall–Kier alpha value is 0.360. The van der Waals surface area contributed by atoms with E-state index in [-0.39, 0.29) is 30.0 Å². The van der Waals surface area contributed by atoms with E-state index in [0.29, 0.717) is 5.71 Å². The van der Waals surface area contributed by atoms with E-state index >= 15 is 0 Å². The van der Waals surface area contributed by atoms with Gasteiger partial charge in [0.05, 0.1) is 0 Å². The van der Waals surface area contributed by atoms with Gasteiger partial charge in [-0.1, -0.05) is 13.3 Å². The van der Waals surface area contributed by atoms with Gasteiger partial charge in [0.1, 0.15) is 0 Å². The largest absolute Gasteiger partial charge is 0.327 e. The van der Waals surface area contributed by atoms with Crippen LogP contribution in [-0.2, 0) is 0 Å². The third-order valence-corrected chi connectivity index (χ3v) is 1.23. The maximum atomic E-state index is 7.12. The van der Waals surface area contributed by atoms with Crippen LogP contribution in [0.5, 0.6) is 0 Å². The number of rotatable bonds is 4. The van der Waals surface area contributed by atoms with Crippen molar-refractivity contribution in [3.63, 3.8) is 0 Å². The monoisotopic (exact) mass is 256 g/mol. The van der Waals surface area contributed by atoms with Crippen molar-refractivity contribution in [3.8, 4) is 0 Å². The molecular weight excluding hydrogens is 239 g/mol. The van der Waals surface area contributed by atoms with Gasteiger partial charge >= 0.3 is 0 Å². The Morgan fingerprint density at radius 2 is 2.10 bits per heavy atom. The molecule has 10 heavy (non-hydrogen) atoms. The Balaban J connectivity index is 0. The lowest BCUT2D eigenvalue weighted by atomic mass is 10.1. The third kappa shape index (κ3) is 8.36. The fourth-order valence-corrected chi connectivity index (χ4v) is 0.866. The topological polar surface area (TPSA) is 49.9 Å². The van der Waals surface area contributed by atoms with Crippen LogP contribution in [0.4, 0.5) is 0 Å². The second-order valence-electron chi connectivity index (χ2n) is 2.53. The lowest BCUT2D eigenvalue weighted by Gasteiger charge is -2.07. The predicted octanol–water partition coefficient (Wildman–Crippen LogP) is 2.16. The molecule has 0 heterocycles. The number of hydrogen-bond acceptors (Lipinski definition) is 2. The van der Waals surface area contributed by atoms with E-state index in [2.05, 4.69) is 6.92 Å². The predicted molar refractivity (Wildman–Crippen MR) is 56.3 cm³/mol. The molecule has 0 radical (unpaired) electrons. The van der Waals surface area contributed by atoms with Crippen molar-refractivity contribution >= 4 is 29.7 Å². The molecule has 2 nitrogen and oxygen atoms in total. The van der Waals surface area contributed by atoms with E-state index in [1.807, 2.05) is 0 Å². The highest BCUT2D eigenvalue weighted by Gasteiger charge is 2.00. The highest BCUT2D eigenvalue weighted by Crippen LogP contribution is 1.98. The molecule has 0 aliphatic rings. The van der Waals surface area contributed by atoms with Crippen LogP contribution in [0.1, 0.15) is 33.1 Å². The molecule has 62 valence electrons. The smallest absolute Gasteiger partial charge is 0.00906 e. The van der Waals surface area contributed by atoms with Crippen molar-refractivity contribution in [1.29, 1.82) is 5.41 Å². The van der Waals surface area contributed by atoms with Gasteiger partial charge in [-0.3, -0.25) is 0 Å². The van der Waals surface area contributed by atoms with Crippen molar-refractivity contribution in [2.45, 2.75) is 39.2 Å². The summed E-state index contributed by atoms with van der Waals surface area (Å²) in [5, 5.41) is 7.12. The lowest BCUT2D eigenvalue weighted by Crippen LogP contribution is -2.21. The first-order chi connectivity index (χ1) is 4.16. The lowest BCUT2D eigenvalue weighted by molar-refractivity contribution is 0.621. The molecule has 1 atom stereocenters. The first-order valence-electron chi connectivity index (χ1n) is 3.46. The number of hydrogen-bond donors (Lipinski definition) is 2. The SMILES string of the molecule is CCCC(N)CC(C)=N.I. The Kier molecular flexibility index (Phi) is 9.70. The summed E-state index contributed by atoms with van der Waals surface area (Å²) in [5.41, 5.74) is 6.34. The molecule has 0 fully saturated rings. The van der Waals surface area contributed by atoms with Crippen LogP contribution in [0.3, 0.4) is 0 Å². The van der Waals surface area contributed by atoms with E-state index in [1.165, 1.54) is 0 Å². The summed E-state index contributed by atoms with van der Waals surface area (Å²) in [4.78, 5) is 0. The molecule has 0 amide bonds. The van der Waals surface area contributed by atoms with Gasteiger partial charge in [-0.15, -0.1) is 24.0 Å². The van der Waals surface area contributed by atoms with Crippen LogP contribution in [0.2, 0.25) is 0 Å². The molecule has 0 bridgehead atoms. The van der Waals surface area contributed by atoms with E-state index in [4.69, 9.17) is 11.1 Å². The number of nitrogens with two attached hydrogens (primary N) is 1. The number of nitrogens with one attached hydrogen (secondary N) is 1. The average molecular weight is 256 g/mol. The first-order valence-corrected chi connectivity index (χ1v) is 3.46. The Morgan fingerprint density at radius 3 is 2.40 bits per heavy atom. The molecular formula is C7H17IN2. The van der Waals surface area contributed by atoms with E-state index in [9.17, 15) is 0 Å². The minimum atomic E-state index is 0. The van der Waals surface area contributed by atoms with Crippen LogP contribution in [-0.4, -0.2) is 11.8 Å². The van der Waals surface area contributed by atoms with Crippen molar-refractivity contribution in [2.24, 2.45) is 5.73 Å². The standard InChI is InChI=1S/C7H16N2.HI/c1-3-4-7(9)5-6(2)8;/h7-8H,3-5,9H2,1-2H3;1H. The zero-order chi connectivity index (χ0) is 7.28. The number of halogens is 1. The third-order valence-electron chi connectivity index (χ3n) is 1.23. The molecule has 0 aliphatic carbocycles. The fourth-order valence-electron chi connectivity index (χ4n) is 0.866. The van der Waals surface area contributed by atoms with Crippen molar-refractivity contribution in [1.82, 2.24) is 0 Å². The van der Waals surface area contributed by atoms with Crippen LogP contribution in [0, 0.1) is 5.41 Å². The zero-order valence-electron chi connectivity index (χ0n) is 6.68. The van der Waals surface area contributed by atoms with Crippen molar-refractivity contribution in [3.05, 3.63) is 0 Å². The van der Waals surface area contributed by atoms with Gasteiger partial charge < -0.3 is 11.1 Å². The second kappa shape index (κ2) is 7.47. The molecule has 3 N–H and O–H groups in total. The normalized spacial score (nSPS) is 11.9. The summed E-state index contributed by atoms with van der Waals surface area (Å²) in [5.74, 6) is 0. The maximum Gasteiger partial charge on any atom is 0.00906 e. The van der Waals surface area contributed by atoms with E-state index in [0.717, 1.165) is 19.3 Å². The van der Waals surface area contributed by atoms with Crippen molar-refractivity contribution < 1.29 is 0 Å². The molecule has 0 saturated carbocycles. The van der Waals surface area contributed by atoms with Crippen molar-refractivity contribution in [2.75, 3.05) is 0 Å². The van der Waals surface area contributed by atoms with Crippen LogP contribution >= 0.6 is 24.0 Å². The van der Waals surface area contributed by atoms with Crippen LogP contribution in [0.15, 0.2) is 0 Å². The Labute approximate surface area is 80.1 Å². The highest BCUT2D eigenvalue weighted by molar-refractivity contribution is 14.0. The van der Waals surface area contributed by atoms with Crippen LogP contribution < -0.4 is 5.73 Å². The second-order valence-corrected chi connectivity index (χ2v) is 2.53. The van der Waals surface area contributed by atoms with Gasteiger partial charge in [0.25, 0.3) is 0 Å². The molecule has 0 aromatic carbocycles. The fraction of sp³-hybridized carbons (Fsp3) is 0.857.